The Hall–Kier alpha value is -0.890. The van der Waals surface area contributed by atoms with Gasteiger partial charge < -0.3 is 5.11 Å². The first-order chi connectivity index (χ1) is 7.13. The molecule has 0 saturated carbocycles. The maximum Gasteiger partial charge on any atom is 0.126 e. The molecular weight excluding hydrogens is 191 g/mol. The summed E-state index contributed by atoms with van der Waals surface area (Å²) in [5.74, 6) is 0.411. The summed E-state index contributed by atoms with van der Waals surface area (Å²) in [4.78, 5) is 0. The SMILES string of the molecule is CC(C)Cc1ccc(CCCO)c(F)c1. The normalized spacial score (nSPS) is 11.0. The minimum atomic E-state index is -0.137. The summed E-state index contributed by atoms with van der Waals surface area (Å²) in [6.07, 6.45) is 2.15. The van der Waals surface area contributed by atoms with Gasteiger partial charge in [0, 0.05) is 6.61 Å². The first-order valence-electron chi connectivity index (χ1n) is 5.51. The van der Waals surface area contributed by atoms with Gasteiger partial charge in [-0.05, 0) is 42.4 Å². The van der Waals surface area contributed by atoms with E-state index in [0.29, 0.717) is 24.3 Å². The number of rotatable bonds is 5. The quantitative estimate of drug-likeness (QED) is 0.792. The zero-order valence-corrected chi connectivity index (χ0v) is 9.46. The zero-order chi connectivity index (χ0) is 11.3. The molecule has 0 aliphatic heterocycles. The Bertz CT molecular complexity index is 307. The number of benzene rings is 1. The lowest BCUT2D eigenvalue weighted by Crippen LogP contribution is -1.98. The van der Waals surface area contributed by atoms with Crippen LogP contribution in [0.25, 0.3) is 0 Å². The molecule has 84 valence electrons. The highest BCUT2D eigenvalue weighted by Gasteiger charge is 2.04. The van der Waals surface area contributed by atoms with Gasteiger partial charge in [0.1, 0.15) is 5.82 Å². The molecule has 0 bridgehead atoms. The van der Waals surface area contributed by atoms with E-state index in [1.807, 2.05) is 12.1 Å². The van der Waals surface area contributed by atoms with Gasteiger partial charge in [-0.3, -0.25) is 0 Å². The van der Waals surface area contributed by atoms with Crippen LogP contribution >= 0.6 is 0 Å². The summed E-state index contributed by atoms with van der Waals surface area (Å²) in [6.45, 7) is 4.36. The molecule has 0 saturated heterocycles. The molecule has 1 aromatic carbocycles. The van der Waals surface area contributed by atoms with Crippen LogP contribution in [0.4, 0.5) is 4.39 Å². The molecule has 15 heavy (non-hydrogen) atoms. The van der Waals surface area contributed by atoms with Gasteiger partial charge in [-0.1, -0.05) is 26.0 Å². The van der Waals surface area contributed by atoms with E-state index in [2.05, 4.69) is 13.8 Å². The maximum absolute atomic E-state index is 13.5. The Morgan fingerprint density at radius 3 is 2.60 bits per heavy atom. The molecule has 0 radical (unpaired) electrons. The second-order valence-corrected chi connectivity index (χ2v) is 4.35. The van der Waals surface area contributed by atoms with Crippen LogP contribution in [-0.4, -0.2) is 11.7 Å². The van der Waals surface area contributed by atoms with Crippen molar-refractivity contribution in [3.05, 3.63) is 35.1 Å². The van der Waals surface area contributed by atoms with E-state index in [4.69, 9.17) is 5.11 Å². The number of hydrogen-bond acceptors (Lipinski definition) is 1. The van der Waals surface area contributed by atoms with Gasteiger partial charge in [0.15, 0.2) is 0 Å². The average Bonchev–Trinajstić information content (AvgIpc) is 2.15. The molecular formula is C13H19FO. The van der Waals surface area contributed by atoms with Gasteiger partial charge in [-0.15, -0.1) is 0 Å². The molecule has 0 unspecified atom stereocenters. The number of hydrogen-bond donors (Lipinski definition) is 1. The third-order valence-corrected chi connectivity index (χ3v) is 2.37. The zero-order valence-electron chi connectivity index (χ0n) is 9.46. The minimum absolute atomic E-state index is 0.118. The van der Waals surface area contributed by atoms with Crippen LogP contribution in [0.1, 0.15) is 31.4 Å². The highest BCUT2D eigenvalue weighted by atomic mass is 19.1. The summed E-state index contributed by atoms with van der Waals surface area (Å²) >= 11 is 0. The van der Waals surface area contributed by atoms with Crippen molar-refractivity contribution in [2.75, 3.05) is 6.61 Å². The Morgan fingerprint density at radius 1 is 1.33 bits per heavy atom. The maximum atomic E-state index is 13.5. The fourth-order valence-corrected chi connectivity index (χ4v) is 1.66. The van der Waals surface area contributed by atoms with E-state index in [1.165, 1.54) is 0 Å². The molecule has 0 aromatic heterocycles. The molecule has 1 aromatic rings. The third-order valence-electron chi connectivity index (χ3n) is 2.37. The van der Waals surface area contributed by atoms with Gasteiger partial charge in [-0.25, -0.2) is 4.39 Å². The van der Waals surface area contributed by atoms with E-state index < -0.39 is 0 Å². The van der Waals surface area contributed by atoms with Gasteiger partial charge in [-0.2, -0.15) is 0 Å². The number of aryl methyl sites for hydroxylation is 1. The van der Waals surface area contributed by atoms with Crippen molar-refractivity contribution in [3.63, 3.8) is 0 Å². The highest BCUT2D eigenvalue weighted by molar-refractivity contribution is 5.24. The fraction of sp³-hybridized carbons (Fsp3) is 0.538. The molecule has 1 N–H and O–H groups in total. The van der Waals surface area contributed by atoms with Crippen LogP contribution in [0, 0.1) is 11.7 Å². The van der Waals surface area contributed by atoms with Crippen molar-refractivity contribution >= 4 is 0 Å². The molecule has 1 rings (SSSR count). The van der Waals surface area contributed by atoms with Crippen LogP contribution in [0.3, 0.4) is 0 Å². The van der Waals surface area contributed by atoms with Crippen molar-refractivity contribution in [2.45, 2.75) is 33.1 Å². The summed E-state index contributed by atoms with van der Waals surface area (Å²) in [5.41, 5.74) is 1.76. The van der Waals surface area contributed by atoms with Crippen molar-refractivity contribution in [3.8, 4) is 0 Å². The Morgan fingerprint density at radius 2 is 2.07 bits per heavy atom. The smallest absolute Gasteiger partial charge is 0.126 e. The number of aliphatic hydroxyl groups is 1. The van der Waals surface area contributed by atoms with Crippen LogP contribution < -0.4 is 0 Å². The molecule has 0 aliphatic carbocycles. The summed E-state index contributed by atoms with van der Waals surface area (Å²) in [7, 11) is 0. The lowest BCUT2D eigenvalue weighted by Gasteiger charge is -2.07. The summed E-state index contributed by atoms with van der Waals surface area (Å²) < 4.78 is 13.5. The Balaban J connectivity index is 2.69. The van der Waals surface area contributed by atoms with Crippen molar-refractivity contribution in [1.82, 2.24) is 0 Å². The van der Waals surface area contributed by atoms with Crippen molar-refractivity contribution < 1.29 is 9.50 Å². The number of aliphatic hydroxyl groups excluding tert-OH is 1. The first kappa shape index (κ1) is 12.2. The summed E-state index contributed by atoms with van der Waals surface area (Å²) in [5, 5.41) is 8.67. The van der Waals surface area contributed by atoms with Gasteiger partial charge >= 0.3 is 0 Å². The second-order valence-electron chi connectivity index (χ2n) is 4.35. The largest absolute Gasteiger partial charge is 0.396 e. The predicted molar refractivity (Wildman–Crippen MR) is 60.3 cm³/mol. The van der Waals surface area contributed by atoms with E-state index in [0.717, 1.165) is 12.0 Å². The van der Waals surface area contributed by atoms with Crippen LogP contribution in [0.5, 0.6) is 0 Å². The molecule has 0 spiro atoms. The molecule has 1 nitrogen and oxygen atoms in total. The minimum Gasteiger partial charge on any atom is -0.396 e. The van der Waals surface area contributed by atoms with Crippen LogP contribution in [0.15, 0.2) is 18.2 Å². The van der Waals surface area contributed by atoms with Gasteiger partial charge in [0.25, 0.3) is 0 Å². The van der Waals surface area contributed by atoms with Gasteiger partial charge in [0.2, 0.25) is 0 Å². The molecule has 0 heterocycles. The van der Waals surface area contributed by atoms with E-state index in [9.17, 15) is 4.39 Å². The predicted octanol–water partition coefficient (Wildman–Crippen LogP) is 2.95. The monoisotopic (exact) mass is 210 g/mol. The fourth-order valence-electron chi connectivity index (χ4n) is 1.66. The molecule has 0 atom stereocenters. The van der Waals surface area contributed by atoms with Gasteiger partial charge in [0.05, 0.1) is 0 Å². The van der Waals surface area contributed by atoms with E-state index in [1.54, 1.807) is 6.07 Å². The molecule has 0 aliphatic rings. The lowest BCUT2D eigenvalue weighted by molar-refractivity contribution is 0.288. The average molecular weight is 210 g/mol. The third kappa shape index (κ3) is 4.00. The van der Waals surface area contributed by atoms with Crippen molar-refractivity contribution in [1.29, 1.82) is 0 Å². The molecule has 0 amide bonds. The second kappa shape index (κ2) is 5.86. The topological polar surface area (TPSA) is 20.2 Å². The van der Waals surface area contributed by atoms with Crippen LogP contribution in [0.2, 0.25) is 0 Å². The van der Waals surface area contributed by atoms with Crippen molar-refractivity contribution in [2.24, 2.45) is 5.92 Å². The molecule has 2 heteroatoms. The molecule has 0 fully saturated rings. The van der Waals surface area contributed by atoms with E-state index in [-0.39, 0.29) is 12.4 Å². The Labute approximate surface area is 90.9 Å². The Kier molecular flexibility index (Phi) is 4.76. The standard InChI is InChI=1S/C13H19FO/c1-10(2)8-11-5-6-12(4-3-7-15)13(14)9-11/h5-6,9-10,15H,3-4,7-8H2,1-2H3. The highest BCUT2D eigenvalue weighted by Crippen LogP contribution is 2.15. The first-order valence-corrected chi connectivity index (χ1v) is 5.51. The van der Waals surface area contributed by atoms with Crippen LogP contribution in [-0.2, 0) is 12.8 Å². The lowest BCUT2D eigenvalue weighted by atomic mass is 10.00. The number of halogens is 1. The van der Waals surface area contributed by atoms with E-state index >= 15 is 0 Å². The summed E-state index contributed by atoms with van der Waals surface area (Å²) in [6, 6.07) is 5.44.